The highest BCUT2D eigenvalue weighted by Crippen LogP contribution is 2.17. The summed E-state index contributed by atoms with van der Waals surface area (Å²) in [5, 5.41) is 14.3. The number of ether oxygens (including phenoxy) is 1. The first kappa shape index (κ1) is 19.8. The number of allylic oxidation sites excluding steroid dienone is 1. The number of hydrogen-bond acceptors (Lipinski definition) is 6. The van der Waals surface area contributed by atoms with Gasteiger partial charge in [0.25, 0.3) is 5.56 Å². The Morgan fingerprint density at radius 1 is 1.32 bits per heavy atom. The molecule has 7 heteroatoms. The van der Waals surface area contributed by atoms with Gasteiger partial charge in [0.2, 0.25) is 0 Å². The number of aromatic nitrogens is 2. The molecule has 3 heterocycles. The van der Waals surface area contributed by atoms with Crippen molar-refractivity contribution in [2.45, 2.75) is 38.8 Å². The largest absolute Gasteiger partial charge is 0.381 e. The number of rotatable bonds is 8. The van der Waals surface area contributed by atoms with E-state index in [4.69, 9.17) is 10.1 Å². The second kappa shape index (κ2) is 9.85. The lowest BCUT2D eigenvalue weighted by Crippen LogP contribution is -2.28. The van der Waals surface area contributed by atoms with Crippen LogP contribution in [0.2, 0.25) is 0 Å². The molecule has 0 spiro atoms. The van der Waals surface area contributed by atoms with E-state index >= 15 is 0 Å². The fraction of sp³-hybridized carbons (Fsp3) is 0.381. The van der Waals surface area contributed by atoms with Crippen molar-refractivity contribution in [2.24, 2.45) is 0 Å². The van der Waals surface area contributed by atoms with Gasteiger partial charge >= 0.3 is 0 Å². The molecular formula is C21H27N5O2. The van der Waals surface area contributed by atoms with Crippen LogP contribution in [0.15, 0.2) is 47.7 Å². The molecule has 2 aromatic rings. The van der Waals surface area contributed by atoms with E-state index in [1.54, 1.807) is 35.3 Å². The smallest absolute Gasteiger partial charge is 0.250 e. The molecule has 3 rings (SSSR count). The van der Waals surface area contributed by atoms with E-state index in [-0.39, 0.29) is 5.56 Å². The van der Waals surface area contributed by atoms with Crippen LogP contribution in [0.5, 0.6) is 0 Å². The average molecular weight is 381 g/mol. The fourth-order valence-corrected chi connectivity index (χ4v) is 3.10. The van der Waals surface area contributed by atoms with Crippen molar-refractivity contribution >= 4 is 23.3 Å². The van der Waals surface area contributed by atoms with Gasteiger partial charge in [-0.3, -0.25) is 4.79 Å². The second-order valence-electron chi connectivity index (χ2n) is 6.80. The zero-order valence-corrected chi connectivity index (χ0v) is 16.1. The molecule has 0 radical (unpaired) electrons. The Bertz CT molecular complexity index is 867. The van der Waals surface area contributed by atoms with Gasteiger partial charge in [0.15, 0.2) is 0 Å². The summed E-state index contributed by atoms with van der Waals surface area (Å²) in [5.41, 5.74) is 2.35. The molecule has 1 fully saturated rings. The second-order valence-corrected chi connectivity index (χ2v) is 6.80. The monoisotopic (exact) mass is 381 g/mol. The topological polar surface area (TPSA) is 92.0 Å². The molecule has 0 atom stereocenters. The van der Waals surface area contributed by atoms with Crippen molar-refractivity contribution in [3.63, 3.8) is 0 Å². The van der Waals surface area contributed by atoms with E-state index in [1.165, 1.54) is 6.21 Å². The first-order valence-corrected chi connectivity index (χ1v) is 9.68. The lowest BCUT2D eigenvalue weighted by atomic mass is 10.1. The fourth-order valence-electron chi connectivity index (χ4n) is 3.10. The molecular weight excluding hydrogens is 354 g/mol. The van der Waals surface area contributed by atoms with Gasteiger partial charge in [0, 0.05) is 67.8 Å². The lowest BCUT2D eigenvalue weighted by molar-refractivity contribution is 0.0904. The summed E-state index contributed by atoms with van der Waals surface area (Å²) in [6.45, 7) is 4.29. The van der Waals surface area contributed by atoms with Gasteiger partial charge in [0.1, 0.15) is 5.82 Å². The van der Waals surface area contributed by atoms with Crippen LogP contribution in [-0.4, -0.2) is 35.0 Å². The maximum atomic E-state index is 11.8. The van der Waals surface area contributed by atoms with Crippen molar-refractivity contribution in [3.05, 3.63) is 58.8 Å². The number of hydrogen-bond donors (Lipinski definition) is 3. The molecule has 28 heavy (non-hydrogen) atoms. The summed E-state index contributed by atoms with van der Waals surface area (Å²) >= 11 is 0. The van der Waals surface area contributed by atoms with Crippen LogP contribution >= 0.6 is 0 Å². The molecule has 0 bridgehead atoms. The summed E-state index contributed by atoms with van der Waals surface area (Å²) in [7, 11) is 0. The summed E-state index contributed by atoms with van der Waals surface area (Å²) in [5.74, 6) is 0.833. The molecule has 1 saturated heterocycles. The van der Waals surface area contributed by atoms with Crippen molar-refractivity contribution in [3.8, 4) is 0 Å². The van der Waals surface area contributed by atoms with Gasteiger partial charge in [-0.1, -0.05) is 6.92 Å². The van der Waals surface area contributed by atoms with Crippen LogP contribution in [0.25, 0.3) is 5.57 Å². The highest BCUT2D eigenvalue weighted by Gasteiger charge is 2.13. The summed E-state index contributed by atoms with van der Waals surface area (Å²) in [6.07, 6.45) is 9.47. The first-order chi connectivity index (χ1) is 13.7. The SMILES string of the molecule is CCCn1cc(N/C=C(\C=N)c2ccc(NC3CCOCC3)nc2)ccc1=O. The normalized spacial score (nSPS) is 15.2. The van der Waals surface area contributed by atoms with E-state index in [0.717, 1.165) is 49.5 Å². The third-order valence-corrected chi connectivity index (χ3v) is 4.67. The Kier molecular flexibility index (Phi) is 6.97. The number of aryl methyl sites for hydroxylation is 1. The van der Waals surface area contributed by atoms with Crippen molar-refractivity contribution in [1.82, 2.24) is 9.55 Å². The number of nitrogens with one attached hydrogen (secondary N) is 3. The van der Waals surface area contributed by atoms with E-state index in [9.17, 15) is 4.79 Å². The summed E-state index contributed by atoms with van der Waals surface area (Å²) in [6, 6.07) is 7.57. The Morgan fingerprint density at radius 2 is 2.14 bits per heavy atom. The van der Waals surface area contributed by atoms with Crippen LogP contribution in [0.3, 0.4) is 0 Å². The molecule has 7 nitrogen and oxygen atoms in total. The van der Waals surface area contributed by atoms with Gasteiger partial charge < -0.3 is 25.3 Å². The maximum Gasteiger partial charge on any atom is 0.250 e. The molecule has 1 aliphatic heterocycles. The molecule has 0 amide bonds. The standard InChI is InChI=1S/C21H27N5O2/c1-2-9-26-15-19(4-6-21(26)27)23-14-17(12-22)16-3-5-20(24-13-16)25-18-7-10-28-11-8-18/h3-6,12-15,18,22-23H,2,7-11H2,1H3,(H,24,25)/b17-14+,22-12?. The van der Waals surface area contributed by atoms with Crippen molar-refractivity contribution in [2.75, 3.05) is 23.8 Å². The zero-order chi connectivity index (χ0) is 19.8. The van der Waals surface area contributed by atoms with Crippen LogP contribution in [0.4, 0.5) is 11.5 Å². The Hall–Kier alpha value is -2.93. The predicted molar refractivity (Wildman–Crippen MR) is 113 cm³/mol. The van der Waals surface area contributed by atoms with Gasteiger partial charge in [-0.25, -0.2) is 4.98 Å². The Balaban J connectivity index is 1.67. The third-order valence-electron chi connectivity index (χ3n) is 4.67. The quantitative estimate of drug-likeness (QED) is 0.610. The average Bonchev–Trinajstić information content (AvgIpc) is 2.73. The minimum absolute atomic E-state index is 0.0134. The van der Waals surface area contributed by atoms with Crippen molar-refractivity contribution in [1.29, 1.82) is 5.41 Å². The van der Waals surface area contributed by atoms with Crippen LogP contribution in [-0.2, 0) is 11.3 Å². The maximum absolute atomic E-state index is 11.8. The summed E-state index contributed by atoms with van der Waals surface area (Å²) < 4.78 is 7.05. The van der Waals surface area contributed by atoms with Crippen molar-refractivity contribution < 1.29 is 4.74 Å². The molecule has 0 saturated carbocycles. The Labute approximate surface area is 165 Å². The minimum atomic E-state index is -0.0134. The predicted octanol–water partition coefficient (Wildman–Crippen LogP) is 3.35. The van der Waals surface area contributed by atoms with E-state index in [0.29, 0.717) is 18.2 Å². The van der Waals surface area contributed by atoms with Gasteiger partial charge in [-0.15, -0.1) is 0 Å². The zero-order valence-electron chi connectivity index (χ0n) is 16.1. The molecule has 148 valence electrons. The molecule has 0 unspecified atom stereocenters. The van der Waals surface area contributed by atoms with E-state index in [1.807, 2.05) is 19.1 Å². The molecule has 3 N–H and O–H groups in total. The van der Waals surface area contributed by atoms with Crippen LogP contribution in [0, 0.1) is 5.41 Å². The van der Waals surface area contributed by atoms with Gasteiger partial charge in [0.05, 0.1) is 5.69 Å². The van der Waals surface area contributed by atoms with Gasteiger partial charge in [-0.2, -0.15) is 0 Å². The van der Waals surface area contributed by atoms with E-state index < -0.39 is 0 Å². The van der Waals surface area contributed by atoms with Gasteiger partial charge in [-0.05, 0) is 37.5 Å². The highest BCUT2D eigenvalue weighted by molar-refractivity contribution is 6.08. The number of anilines is 2. The number of nitrogens with zero attached hydrogens (tertiary/aromatic N) is 2. The molecule has 2 aromatic heterocycles. The minimum Gasteiger partial charge on any atom is -0.381 e. The molecule has 0 aromatic carbocycles. The highest BCUT2D eigenvalue weighted by atomic mass is 16.5. The molecule has 0 aliphatic carbocycles. The van der Waals surface area contributed by atoms with Crippen LogP contribution < -0.4 is 16.2 Å². The van der Waals surface area contributed by atoms with Crippen LogP contribution in [0.1, 0.15) is 31.7 Å². The summed E-state index contributed by atoms with van der Waals surface area (Å²) in [4.78, 5) is 16.3. The van der Waals surface area contributed by atoms with E-state index in [2.05, 4.69) is 15.6 Å². The molecule has 1 aliphatic rings. The lowest BCUT2D eigenvalue weighted by Gasteiger charge is -2.23. The first-order valence-electron chi connectivity index (χ1n) is 9.68. The third kappa shape index (κ3) is 5.29. The number of pyridine rings is 2. The Morgan fingerprint density at radius 3 is 2.82 bits per heavy atom.